The van der Waals surface area contributed by atoms with Crippen LogP contribution in [0.4, 0.5) is 0 Å². The lowest BCUT2D eigenvalue weighted by Gasteiger charge is -2.44. The number of benzene rings is 1. The molecule has 0 amide bonds. The average molecular weight is 494 g/mol. The highest BCUT2D eigenvalue weighted by atomic mass is 32.2. The summed E-state index contributed by atoms with van der Waals surface area (Å²) in [5.74, 6) is 0. The van der Waals surface area contributed by atoms with Gasteiger partial charge in [-0.15, -0.1) is 0 Å². The van der Waals surface area contributed by atoms with E-state index in [2.05, 4.69) is 4.90 Å². The van der Waals surface area contributed by atoms with Gasteiger partial charge < -0.3 is 18.8 Å². The molecule has 0 radical (unpaired) electrons. The smallest absolute Gasteiger partial charge is 0.399 e. The summed E-state index contributed by atoms with van der Waals surface area (Å²) in [4.78, 5) is 2.40. The fourth-order valence-electron chi connectivity index (χ4n) is 4.58. The molecule has 1 spiro atoms. The Labute approximate surface area is 205 Å². The summed E-state index contributed by atoms with van der Waals surface area (Å²) in [6.45, 7) is 15.5. The van der Waals surface area contributed by atoms with Crippen molar-refractivity contribution in [2.45, 2.75) is 95.0 Å². The van der Waals surface area contributed by atoms with Crippen LogP contribution < -0.4 is 5.46 Å². The molecule has 2 aliphatic heterocycles. The summed E-state index contributed by atoms with van der Waals surface area (Å²) in [7, 11) is -2.53. The number of sulfonamides is 1. The van der Waals surface area contributed by atoms with E-state index >= 15 is 0 Å². The third-order valence-corrected chi connectivity index (χ3v) is 9.41. The Morgan fingerprint density at radius 2 is 1.56 bits per heavy atom. The van der Waals surface area contributed by atoms with Crippen LogP contribution in [0.3, 0.4) is 0 Å². The molecule has 0 N–H and O–H groups in total. The van der Waals surface area contributed by atoms with Crippen LogP contribution in [0.1, 0.15) is 61.3 Å². The Morgan fingerprint density at radius 3 is 2.03 bits per heavy atom. The molecule has 1 aromatic carbocycles. The summed E-state index contributed by atoms with van der Waals surface area (Å²) in [6.07, 6.45) is 1.17. The number of nitrogens with zero attached hydrogens (tertiary/aromatic N) is 2. The first-order chi connectivity index (χ1) is 15.6. The van der Waals surface area contributed by atoms with Gasteiger partial charge in [0.15, 0.2) is 0 Å². The molecule has 0 bridgehead atoms. The van der Waals surface area contributed by atoms with Gasteiger partial charge in [-0.1, -0.05) is 12.1 Å². The first-order valence-electron chi connectivity index (χ1n) is 12.0. The molecule has 1 aliphatic carbocycles. The van der Waals surface area contributed by atoms with E-state index in [1.54, 1.807) is 35.7 Å². The highest BCUT2D eigenvalue weighted by Crippen LogP contribution is 2.47. The van der Waals surface area contributed by atoms with Gasteiger partial charge in [-0.25, -0.2) is 8.42 Å². The van der Waals surface area contributed by atoms with Crippen LogP contribution in [0, 0.1) is 0 Å². The predicted molar refractivity (Wildman–Crippen MR) is 131 cm³/mol. The van der Waals surface area contributed by atoms with Gasteiger partial charge in [-0.3, -0.25) is 4.90 Å². The second-order valence-electron chi connectivity index (χ2n) is 11.7. The fraction of sp³-hybridized carbons (Fsp3) is 0.750. The van der Waals surface area contributed by atoms with Crippen molar-refractivity contribution < 1.29 is 27.2 Å². The van der Waals surface area contributed by atoms with Crippen LogP contribution in [0.2, 0.25) is 0 Å². The summed E-state index contributed by atoms with van der Waals surface area (Å²) >= 11 is 0. The van der Waals surface area contributed by atoms with Crippen molar-refractivity contribution in [1.82, 2.24) is 9.21 Å². The van der Waals surface area contributed by atoms with Crippen molar-refractivity contribution in [2.24, 2.45) is 0 Å². The monoisotopic (exact) mass is 494 g/mol. The Morgan fingerprint density at radius 1 is 1.00 bits per heavy atom. The van der Waals surface area contributed by atoms with E-state index in [-0.39, 0.29) is 5.60 Å². The Kier molecular flexibility index (Phi) is 6.55. The zero-order valence-corrected chi connectivity index (χ0v) is 22.6. The van der Waals surface area contributed by atoms with Crippen molar-refractivity contribution in [3.63, 3.8) is 0 Å². The number of ether oxygens (including phenoxy) is 2. The van der Waals surface area contributed by atoms with Crippen molar-refractivity contribution in [3.8, 4) is 0 Å². The second kappa shape index (κ2) is 8.54. The molecule has 8 nitrogen and oxygen atoms in total. The molecule has 4 rings (SSSR count). The van der Waals surface area contributed by atoms with E-state index in [1.807, 2.05) is 48.5 Å². The Balaban J connectivity index is 1.49. The van der Waals surface area contributed by atoms with Crippen LogP contribution in [-0.4, -0.2) is 80.2 Å². The normalized spacial score (nSPS) is 25.6. The highest BCUT2D eigenvalue weighted by molar-refractivity contribution is 7.89. The summed E-state index contributed by atoms with van der Waals surface area (Å²) in [5.41, 5.74) is -0.848. The minimum atomic E-state index is -3.64. The van der Waals surface area contributed by atoms with E-state index in [0.717, 1.165) is 18.3 Å². The molecule has 3 aliphatic rings. The predicted octanol–water partition coefficient (Wildman–Crippen LogP) is 2.57. The molecule has 2 heterocycles. The maximum Gasteiger partial charge on any atom is 0.494 e. The number of piperazine rings is 1. The number of hydrogen-bond acceptors (Lipinski definition) is 7. The molecular weight excluding hydrogens is 455 g/mol. The summed E-state index contributed by atoms with van der Waals surface area (Å²) < 4.78 is 52.8. The second-order valence-corrected chi connectivity index (χ2v) is 13.6. The van der Waals surface area contributed by atoms with Crippen LogP contribution in [0.5, 0.6) is 0 Å². The van der Waals surface area contributed by atoms with Gasteiger partial charge in [-0.2, -0.15) is 4.31 Å². The van der Waals surface area contributed by atoms with Gasteiger partial charge in [-0.05, 0) is 78.9 Å². The molecule has 1 aromatic rings. The van der Waals surface area contributed by atoms with Gasteiger partial charge in [0.05, 0.1) is 21.7 Å². The lowest BCUT2D eigenvalue weighted by atomic mass is 9.79. The third kappa shape index (κ3) is 4.83. The Bertz CT molecular complexity index is 985. The van der Waals surface area contributed by atoms with Crippen molar-refractivity contribution >= 4 is 22.6 Å². The molecule has 2 saturated heterocycles. The quantitative estimate of drug-likeness (QED) is 0.445. The van der Waals surface area contributed by atoms with Crippen LogP contribution in [0.15, 0.2) is 29.2 Å². The molecule has 10 heteroatoms. The van der Waals surface area contributed by atoms with E-state index in [0.29, 0.717) is 24.5 Å². The van der Waals surface area contributed by atoms with E-state index in [9.17, 15) is 8.42 Å². The first-order valence-corrected chi connectivity index (χ1v) is 13.5. The standard InChI is InChI=1S/C24H39BN2O6S/c1-21(2,3)31-20(30-8)26-15-16-27(24(17-26)13-14-24)34(28,29)19-11-9-18(10-12-19)25-32-22(4,5)23(6,7)33-25/h9-12,20H,13-17H2,1-8H3. The zero-order chi connectivity index (χ0) is 25.2. The molecule has 3 fully saturated rings. The van der Waals surface area contributed by atoms with Gasteiger partial charge in [0.2, 0.25) is 16.4 Å². The third-order valence-electron chi connectivity index (χ3n) is 7.39. The number of rotatable bonds is 6. The fourth-order valence-corrected chi connectivity index (χ4v) is 6.38. The summed E-state index contributed by atoms with van der Waals surface area (Å²) in [5, 5.41) is 0. The average Bonchev–Trinajstić information content (AvgIpc) is 3.44. The van der Waals surface area contributed by atoms with Gasteiger partial charge in [0, 0.05) is 32.3 Å². The van der Waals surface area contributed by atoms with E-state index in [4.69, 9.17) is 18.8 Å². The highest BCUT2D eigenvalue weighted by Gasteiger charge is 2.57. The topological polar surface area (TPSA) is 77.5 Å². The maximum atomic E-state index is 13.6. The lowest BCUT2D eigenvalue weighted by Crippen LogP contribution is -2.60. The van der Waals surface area contributed by atoms with Crippen molar-refractivity contribution in [1.29, 1.82) is 0 Å². The first kappa shape index (κ1) is 26.1. The van der Waals surface area contributed by atoms with Gasteiger partial charge in [0.1, 0.15) is 0 Å². The van der Waals surface area contributed by atoms with E-state index < -0.39 is 40.3 Å². The van der Waals surface area contributed by atoms with Crippen LogP contribution in [-0.2, 0) is 28.8 Å². The minimum Gasteiger partial charge on any atom is -0.399 e. The lowest BCUT2D eigenvalue weighted by molar-refractivity contribution is -0.259. The number of methoxy groups -OCH3 is 1. The van der Waals surface area contributed by atoms with Crippen LogP contribution >= 0.6 is 0 Å². The SMILES string of the molecule is COC(OC(C)(C)C)N1CCN(S(=O)(=O)c2ccc(B3OC(C)(C)C(C)(C)O3)cc2)C2(CC2)C1. The zero-order valence-electron chi connectivity index (χ0n) is 21.8. The molecule has 0 aromatic heterocycles. The van der Waals surface area contributed by atoms with Crippen LogP contribution in [0.25, 0.3) is 0 Å². The molecule has 1 atom stereocenters. The molecule has 1 unspecified atom stereocenters. The maximum absolute atomic E-state index is 13.6. The molecular formula is C24H39BN2O6S. The molecule has 190 valence electrons. The minimum absolute atomic E-state index is 0.293. The molecule has 1 saturated carbocycles. The van der Waals surface area contributed by atoms with Crippen molar-refractivity contribution in [3.05, 3.63) is 24.3 Å². The van der Waals surface area contributed by atoms with Gasteiger partial charge in [0.25, 0.3) is 0 Å². The molecule has 34 heavy (non-hydrogen) atoms. The van der Waals surface area contributed by atoms with Gasteiger partial charge >= 0.3 is 7.12 Å². The Hall–Kier alpha value is -1.01. The number of hydrogen-bond donors (Lipinski definition) is 0. The largest absolute Gasteiger partial charge is 0.494 e. The van der Waals surface area contributed by atoms with E-state index in [1.165, 1.54) is 0 Å². The van der Waals surface area contributed by atoms with Crippen molar-refractivity contribution in [2.75, 3.05) is 26.7 Å². The summed E-state index contributed by atoms with van der Waals surface area (Å²) in [6, 6.07) is 6.92.